The number of nitrogens with zero attached hydrogens (tertiary/aromatic N) is 2. The number of nitrogens with one attached hydrogen (secondary N) is 1. The van der Waals surface area contributed by atoms with Crippen LogP contribution >= 0.6 is 0 Å². The zero-order valence-electron chi connectivity index (χ0n) is 11.4. The summed E-state index contributed by atoms with van der Waals surface area (Å²) in [5, 5.41) is 8.01. The Bertz CT molecular complexity index is 577. The normalized spacial score (nSPS) is 17.7. The molecule has 0 bridgehead atoms. The third-order valence-electron chi connectivity index (χ3n) is 3.74. The number of methoxy groups -OCH3 is 1. The van der Waals surface area contributed by atoms with Gasteiger partial charge in [-0.2, -0.15) is 5.10 Å². The van der Waals surface area contributed by atoms with Gasteiger partial charge >= 0.3 is 0 Å². The van der Waals surface area contributed by atoms with Gasteiger partial charge in [0, 0.05) is 12.1 Å². The molecule has 1 aromatic carbocycles. The molecule has 4 nitrogen and oxygen atoms in total. The van der Waals surface area contributed by atoms with Crippen LogP contribution in [0.15, 0.2) is 30.5 Å². The van der Waals surface area contributed by atoms with Crippen molar-refractivity contribution in [3.8, 4) is 5.75 Å². The number of rotatable bonds is 3. The Morgan fingerprint density at radius 3 is 3.16 bits per heavy atom. The summed E-state index contributed by atoms with van der Waals surface area (Å²) in [5.74, 6) is 2.07. The van der Waals surface area contributed by atoms with E-state index >= 15 is 0 Å². The molecule has 19 heavy (non-hydrogen) atoms. The number of aromatic nitrogens is 2. The zero-order valence-corrected chi connectivity index (χ0v) is 11.4. The van der Waals surface area contributed by atoms with Gasteiger partial charge in [0.25, 0.3) is 0 Å². The van der Waals surface area contributed by atoms with Crippen LogP contribution < -0.4 is 10.1 Å². The molecule has 0 spiro atoms. The molecule has 2 heterocycles. The Kier molecular flexibility index (Phi) is 3.15. The van der Waals surface area contributed by atoms with Crippen molar-refractivity contribution in [3.05, 3.63) is 41.6 Å². The summed E-state index contributed by atoms with van der Waals surface area (Å²) in [4.78, 5) is 0. The van der Waals surface area contributed by atoms with Gasteiger partial charge in [0.05, 0.1) is 19.3 Å². The lowest BCUT2D eigenvalue weighted by atomic mass is 10.0. The van der Waals surface area contributed by atoms with Crippen molar-refractivity contribution in [2.45, 2.75) is 25.8 Å². The van der Waals surface area contributed by atoms with Gasteiger partial charge in [-0.1, -0.05) is 19.1 Å². The van der Waals surface area contributed by atoms with E-state index in [0.29, 0.717) is 6.04 Å². The van der Waals surface area contributed by atoms with E-state index in [9.17, 15) is 0 Å². The molecule has 1 aliphatic heterocycles. The first-order chi connectivity index (χ1) is 9.33. The van der Waals surface area contributed by atoms with Gasteiger partial charge in [0.2, 0.25) is 0 Å². The average molecular weight is 257 g/mol. The topological polar surface area (TPSA) is 39.1 Å². The molecule has 1 aliphatic rings. The number of ether oxygens (including phenoxy) is 1. The van der Waals surface area contributed by atoms with Crippen LogP contribution in [0.2, 0.25) is 0 Å². The Morgan fingerprint density at radius 2 is 2.37 bits per heavy atom. The fraction of sp³-hybridized carbons (Fsp3) is 0.400. The number of fused-ring (bicyclic) bond motifs is 1. The summed E-state index contributed by atoms with van der Waals surface area (Å²) in [6.45, 7) is 3.15. The molecule has 1 N–H and O–H groups in total. The second kappa shape index (κ2) is 4.96. The second-order valence-electron chi connectivity index (χ2n) is 4.82. The molecule has 0 saturated carbocycles. The van der Waals surface area contributed by atoms with Crippen molar-refractivity contribution in [2.24, 2.45) is 0 Å². The predicted molar refractivity (Wildman–Crippen MR) is 75.8 cm³/mol. The zero-order chi connectivity index (χ0) is 13.2. The SMILES string of the molecule is CCc1cnn2c1NCCC2c1cccc(OC)c1. The molecule has 4 heteroatoms. The Labute approximate surface area is 113 Å². The van der Waals surface area contributed by atoms with E-state index in [0.717, 1.165) is 25.1 Å². The molecule has 1 atom stereocenters. The quantitative estimate of drug-likeness (QED) is 0.919. The van der Waals surface area contributed by atoms with Gasteiger partial charge in [-0.05, 0) is 30.5 Å². The minimum atomic E-state index is 0.298. The molecule has 0 saturated heterocycles. The van der Waals surface area contributed by atoms with Gasteiger partial charge in [-0.3, -0.25) is 0 Å². The predicted octanol–water partition coefficient (Wildman–Crippen LogP) is 2.86. The minimum Gasteiger partial charge on any atom is -0.497 e. The first-order valence-corrected chi connectivity index (χ1v) is 6.77. The van der Waals surface area contributed by atoms with Crippen molar-refractivity contribution in [1.82, 2.24) is 9.78 Å². The van der Waals surface area contributed by atoms with E-state index in [1.54, 1.807) is 7.11 Å². The summed E-state index contributed by atoms with van der Waals surface area (Å²) in [6.07, 6.45) is 4.03. The number of aryl methyl sites for hydroxylation is 1. The average Bonchev–Trinajstić information content (AvgIpc) is 2.90. The van der Waals surface area contributed by atoms with Crippen LogP contribution in [-0.4, -0.2) is 23.4 Å². The maximum absolute atomic E-state index is 5.31. The molecule has 0 amide bonds. The molecule has 2 aromatic rings. The lowest BCUT2D eigenvalue weighted by Crippen LogP contribution is -2.24. The highest BCUT2D eigenvalue weighted by molar-refractivity contribution is 5.47. The van der Waals surface area contributed by atoms with Crippen molar-refractivity contribution >= 4 is 5.82 Å². The van der Waals surface area contributed by atoms with E-state index in [1.165, 1.54) is 16.9 Å². The van der Waals surface area contributed by atoms with Crippen molar-refractivity contribution in [3.63, 3.8) is 0 Å². The fourth-order valence-electron chi connectivity index (χ4n) is 2.69. The van der Waals surface area contributed by atoms with Crippen molar-refractivity contribution in [1.29, 1.82) is 0 Å². The van der Waals surface area contributed by atoms with E-state index in [-0.39, 0.29) is 0 Å². The van der Waals surface area contributed by atoms with Crippen LogP contribution in [0.3, 0.4) is 0 Å². The standard InChI is InChI=1S/C15H19N3O/c1-3-11-10-17-18-14(7-8-16-15(11)18)12-5-4-6-13(9-12)19-2/h4-6,9-10,14,16H,3,7-8H2,1-2H3. The maximum Gasteiger partial charge on any atom is 0.128 e. The highest BCUT2D eigenvalue weighted by Gasteiger charge is 2.23. The Hall–Kier alpha value is -1.97. The summed E-state index contributed by atoms with van der Waals surface area (Å²) in [5.41, 5.74) is 2.54. The van der Waals surface area contributed by atoms with E-state index in [4.69, 9.17) is 4.74 Å². The summed E-state index contributed by atoms with van der Waals surface area (Å²) >= 11 is 0. The van der Waals surface area contributed by atoms with E-state index in [1.807, 2.05) is 18.3 Å². The number of hydrogen-bond acceptors (Lipinski definition) is 3. The van der Waals surface area contributed by atoms with Gasteiger partial charge in [-0.15, -0.1) is 0 Å². The summed E-state index contributed by atoms with van der Waals surface area (Å²) < 4.78 is 7.42. The van der Waals surface area contributed by atoms with E-state index < -0.39 is 0 Å². The van der Waals surface area contributed by atoms with E-state index in [2.05, 4.69) is 34.2 Å². The Morgan fingerprint density at radius 1 is 1.47 bits per heavy atom. The first-order valence-electron chi connectivity index (χ1n) is 6.77. The molecular formula is C15H19N3O. The van der Waals surface area contributed by atoms with Crippen LogP contribution in [0.5, 0.6) is 5.75 Å². The number of benzene rings is 1. The number of hydrogen-bond donors (Lipinski definition) is 1. The molecule has 0 fully saturated rings. The molecule has 100 valence electrons. The highest BCUT2D eigenvalue weighted by Crippen LogP contribution is 2.32. The van der Waals surface area contributed by atoms with Crippen LogP contribution in [0.1, 0.15) is 30.5 Å². The maximum atomic E-state index is 5.31. The highest BCUT2D eigenvalue weighted by atomic mass is 16.5. The monoisotopic (exact) mass is 257 g/mol. The van der Waals surface area contributed by atoms with Crippen LogP contribution in [0, 0.1) is 0 Å². The molecular weight excluding hydrogens is 238 g/mol. The lowest BCUT2D eigenvalue weighted by Gasteiger charge is -2.27. The van der Waals surface area contributed by atoms with Crippen LogP contribution in [0.4, 0.5) is 5.82 Å². The second-order valence-corrected chi connectivity index (χ2v) is 4.82. The van der Waals surface area contributed by atoms with Crippen molar-refractivity contribution in [2.75, 3.05) is 19.0 Å². The summed E-state index contributed by atoms with van der Waals surface area (Å²) in [7, 11) is 1.70. The molecule has 0 aliphatic carbocycles. The molecule has 3 rings (SSSR count). The largest absolute Gasteiger partial charge is 0.497 e. The summed E-state index contributed by atoms with van der Waals surface area (Å²) in [6, 6.07) is 8.57. The van der Waals surface area contributed by atoms with Gasteiger partial charge < -0.3 is 10.1 Å². The molecule has 1 unspecified atom stereocenters. The molecule has 0 radical (unpaired) electrons. The fourth-order valence-corrected chi connectivity index (χ4v) is 2.69. The van der Waals surface area contributed by atoms with Gasteiger partial charge in [0.1, 0.15) is 11.6 Å². The lowest BCUT2D eigenvalue weighted by molar-refractivity contribution is 0.411. The Balaban J connectivity index is 2.01. The smallest absolute Gasteiger partial charge is 0.128 e. The van der Waals surface area contributed by atoms with Gasteiger partial charge in [-0.25, -0.2) is 4.68 Å². The first kappa shape index (κ1) is 12.1. The van der Waals surface area contributed by atoms with Gasteiger partial charge in [0.15, 0.2) is 0 Å². The molecule has 1 aromatic heterocycles. The third-order valence-corrected chi connectivity index (χ3v) is 3.74. The van der Waals surface area contributed by atoms with Crippen LogP contribution in [0.25, 0.3) is 0 Å². The minimum absolute atomic E-state index is 0.298. The van der Waals surface area contributed by atoms with Crippen molar-refractivity contribution < 1.29 is 4.74 Å². The van der Waals surface area contributed by atoms with Crippen LogP contribution in [-0.2, 0) is 6.42 Å². The third kappa shape index (κ3) is 2.07. The number of anilines is 1.